The van der Waals surface area contributed by atoms with Crippen LogP contribution in [0.15, 0.2) is 33.2 Å². The molecule has 2 aromatic carbocycles. The van der Waals surface area contributed by atoms with Gasteiger partial charge in [0.05, 0.1) is 5.38 Å². The van der Waals surface area contributed by atoms with E-state index >= 15 is 0 Å². The van der Waals surface area contributed by atoms with E-state index in [9.17, 15) is 0 Å². The van der Waals surface area contributed by atoms with Crippen molar-refractivity contribution in [3.63, 3.8) is 0 Å². The molecular formula is C17H17Br2Cl. The minimum atomic E-state index is -0.137. The molecule has 106 valence electrons. The van der Waals surface area contributed by atoms with Crippen molar-refractivity contribution >= 4 is 43.5 Å². The van der Waals surface area contributed by atoms with Crippen molar-refractivity contribution in [3.8, 4) is 0 Å². The zero-order chi connectivity index (χ0) is 15.0. The minimum absolute atomic E-state index is 0.137. The first-order valence-corrected chi connectivity index (χ1v) is 8.51. The summed E-state index contributed by atoms with van der Waals surface area (Å²) >= 11 is 13.9. The number of hydrogen-bond acceptors (Lipinski definition) is 0. The Morgan fingerprint density at radius 3 is 1.70 bits per heavy atom. The van der Waals surface area contributed by atoms with Gasteiger partial charge in [-0.15, -0.1) is 11.6 Å². The van der Waals surface area contributed by atoms with E-state index in [1.807, 2.05) is 6.07 Å². The first-order chi connectivity index (χ1) is 9.31. The predicted octanol–water partition coefficient (Wildman–Crippen LogP) is 6.77. The van der Waals surface area contributed by atoms with Crippen molar-refractivity contribution in [3.05, 3.63) is 66.6 Å². The molecule has 0 saturated heterocycles. The van der Waals surface area contributed by atoms with Crippen LogP contribution in [0.25, 0.3) is 0 Å². The summed E-state index contributed by atoms with van der Waals surface area (Å²) < 4.78 is 2.07. The normalized spacial score (nSPS) is 12.6. The molecule has 0 saturated carbocycles. The Bertz CT molecular complexity index is 616. The highest BCUT2D eigenvalue weighted by molar-refractivity contribution is 9.11. The van der Waals surface area contributed by atoms with Crippen molar-refractivity contribution in [2.24, 2.45) is 0 Å². The molecule has 1 unspecified atom stereocenters. The molecule has 3 heteroatoms. The van der Waals surface area contributed by atoms with Crippen LogP contribution in [0.3, 0.4) is 0 Å². The third-order valence-electron chi connectivity index (χ3n) is 3.86. The molecule has 2 rings (SSSR count). The Hall–Kier alpha value is -0.310. The highest BCUT2D eigenvalue weighted by atomic mass is 79.9. The standard InChI is InChI=1S/C17H17Br2Cl/c1-9-5-10(2)12(4)16(11(9)3)17(20)13-6-14(18)8-15(19)7-13/h5-8,17H,1-4H3. The van der Waals surface area contributed by atoms with E-state index in [-0.39, 0.29) is 5.38 Å². The summed E-state index contributed by atoms with van der Waals surface area (Å²) in [7, 11) is 0. The number of rotatable bonds is 2. The van der Waals surface area contributed by atoms with E-state index in [4.69, 9.17) is 11.6 Å². The highest BCUT2D eigenvalue weighted by Crippen LogP contribution is 2.37. The molecule has 0 aliphatic carbocycles. The summed E-state index contributed by atoms with van der Waals surface area (Å²) in [4.78, 5) is 0. The van der Waals surface area contributed by atoms with E-state index in [0.29, 0.717) is 0 Å². The maximum absolute atomic E-state index is 6.79. The van der Waals surface area contributed by atoms with Crippen LogP contribution in [0.4, 0.5) is 0 Å². The Kier molecular flexibility index (Phi) is 4.99. The van der Waals surface area contributed by atoms with Crippen LogP contribution in [0.5, 0.6) is 0 Å². The molecule has 0 radical (unpaired) electrons. The third kappa shape index (κ3) is 3.13. The van der Waals surface area contributed by atoms with Gasteiger partial charge in [0.1, 0.15) is 0 Å². The molecule has 0 nitrogen and oxygen atoms in total. The van der Waals surface area contributed by atoms with E-state index in [1.165, 1.54) is 27.8 Å². The first-order valence-electron chi connectivity index (χ1n) is 6.48. The summed E-state index contributed by atoms with van der Waals surface area (Å²) in [5.41, 5.74) is 7.48. The van der Waals surface area contributed by atoms with Gasteiger partial charge in [0.15, 0.2) is 0 Å². The minimum Gasteiger partial charge on any atom is -0.113 e. The molecule has 0 fully saturated rings. The van der Waals surface area contributed by atoms with Crippen LogP contribution in [-0.2, 0) is 0 Å². The molecule has 0 spiro atoms. The van der Waals surface area contributed by atoms with Crippen molar-refractivity contribution in [2.75, 3.05) is 0 Å². The van der Waals surface area contributed by atoms with Crippen LogP contribution in [-0.4, -0.2) is 0 Å². The molecule has 0 aliphatic heterocycles. The van der Waals surface area contributed by atoms with Crippen molar-refractivity contribution in [1.29, 1.82) is 0 Å². The topological polar surface area (TPSA) is 0 Å². The lowest BCUT2D eigenvalue weighted by Crippen LogP contribution is -2.03. The smallest absolute Gasteiger partial charge is 0.0841 e. The zero-order valence-electron chi connectivity index (χ0n) is 12.0. The largest absolute Gasteiger partial charge is 0.113 e. The molecular weight excluding hydrogens is 399 g/mol. The molecule has 0 aromatic heterocycles. The Labute approximate surface area is 142 Å². The lowest BCUT2D eigenvalue weighted by atomic mass is 9.90. The van der Waals surface area contributed by atoms with Gasteiger partial charge in [0.2, 0.25) is 0 Å². The van der Waals surface area contributed by atoms with Crippen LogP contribution in [0, 0.1) is 27.7 Å². The second-order valence-corrected chi connectivity index (χ2v) is 7.51. The fourth-order valence-corrected chi connectivity index (χ4v) is 4.30. The Morgan fingerprint density at radius 1 is 0.800 bits per heavy atom. The number of benzene rings is 2. The van der Waals surface area contributed by atoms with E-state index in [0.717, 1.165) is 14.5 Å². The predicted molar refractivity (Wildman–Crippen MR) is 94.9 cm³/mol. The molecule has 0 amide bonds. The molecule has 1 atom stereocenters. The fraction of sp³-hybridized carbons (Fsp3) is 0.294. The monoisotopic (exact) mass is 414 g/mol. The van der Waals surface area contributed by atoms with Crippen LogP contribution in [0.1, 0.15) is 38.8 Å². The lowest BCUT2D eigenvalue weighted by Gasteiger charge is -2.20. The fourth-order valence-electron chi connectivity index (χ4n) is 2.52. The average Bonchev–Trinajstić information content (AvgIpc) is 2.35. The van der Waals surface area contributed by atoms with Gasteiger partial charge in [-0.2, -0.15) is 0 Å². The maximum Gasteiger partial charge on any atom is 0.0841 e. The maximum atomic E-state index is 6.79. The van der Waals surface area contributed by atoms with Crippen molar-refractivity contribution in [1.82, 2.24) is 0 Å². The molecule has 0 heterocycles. The lowest BCUT2D eigenvalue weighted by molar-refractivity contribution is 1.05. The van der Waals surface area contributed by atoms with Gasteiger partial charge in [0.25, 0.3) is 0 Å². The van der Waals surface area contributed by atoms with Gasteiger partial charge in [-0.25, -0.2) is 0 Å². The Morgan fingerprint density at radius 2 is 1.25 bits per heavy atom. The number of halogens is 3. The van der Waals surface area contributed by atoms with E-state index in [1.54, 1.807) is 0 Å². The summed E-state index contributed by atoms with van der Waals surface area (Å²) in [6.07, 6.45) is 0. The molecule has 0 bridgehead atoms. The highest BCUT2D eigenvalue weighted by Gasteiger charge is 2.19. The molecule has 0 N–H and O–H groups in total. The first kappa shape index (κ1) is 16.1. The zero-order valence-corrected chi connectivity index (χ0v) is 15.9. The summed E-state index contributed by atoms with van der Waals surface area (Å²) in [5.74, 6) is 0. The quantitative estimate of drug-likeness (QED) is 0.474. The number of hydrogen-bond donors (Lipinski definition) is 0. The molecule has 2 aromatic rings. The second-order valence-electron chi connectivity index (χ2n) is 5.24. The SMILES string of the molecule is Cc1cc(C)c(C)c(C(Cl)c2cc(Br)cc(Br)c2)c1C. The van der Waals surface area contributed by atoms with Gasteiger partial charge in [-0.3, -0.25) is 0 Å². The molecule has 0 aliphatic rings. The van der Waals surface area contributed by atoms with Gasteiger partial charge < -0.3 is 0 Å². The van der Waals surface area contributed by atoms with Gasteiger partial charge in [0, 0.05) is 8.95 Å². The van der Waals surface area contributed by atoms with E-state index in [2.05, 4.69) is 77.8 Å². The van der Waals surface area contributed by atoms with Gasteiger partial charge >= 0.3 is 0 Å². The Balaban J connectivity index is 2.61. The van der Waals surface area contributed by atoms with Crippen molar-refractivity contribution in [2.45, 2.75) is 33.1 Å². The molecule has 20 heavy (non-hydrogen) atoms. The number of alkyl halides is 1. The number of aryl methyl sites for hydroxylation is 2. The second kappa shape index (κ2) is 6.21. The third-order valence-corrected chi connectivity index (χ3v) is 5.24. The summed E-state index contributed by atoms with van der Waals surface area (Å²) in [6.45, 7) is 8.59. The van der Waals surface area contributed by atoms with Crippen LogP contribution >= 0.6 is 43.5 Å². The van der Waals surface area contributed by atoms with Crippen LogP contribution < -0.4 is 0 Å². The summed E-state index contributed by atoms with van der Waals surface area (Å²) in [5, 5.41) is -0.137. The van der Waals surface area contributed by atoms with Gasteiger partial charge in [-0.05, 0) is 79.3 Å². The summed E-state index contributed by atoms with van der Waals surface area (Å²) in [6, 6.07) is 8.42. The van der Waals surface area contributed by atoms with Crippen LogP contribution in [0.2, 0.25) is 0 Å². The van der Waals surface area contributed by atoms with Crippen molar-refractivity contribution < 1.29 is 0 Å². The van der Waals surface area contributed by atoms with E-state index < -0.39 is 0 Å². The average molecular weight is 417 g/mol. The van der Waals surface area contributed by atoms with Gasteiger partial charge in [-0.1, -0.05) is 37.9 Å².